The second-order valence-corrected chi connectivity index (χ2v) is 7.71. The maximum absolute atomic E-state index is 12.7. The van der Waals surface area contributed by atoms with Crippen LogP contribution in [-0.4, -0.2) is 60.0 Å². The standard InChI is InChI=1S/C18H28N2O3/c21-17(14-5-6-14)20-9-3-1-2-4-15(20)13-7-10-19(11-8-13)18(22)16-12-23-16/h13-16H,1-12H2. The SMILES string of the molecule is O=C(C1CO1)N1CCC(C2CCCCCN2C(=O)C2CC2)CC1. The molecule has 1 aliphatic carbocycles. The second-order valence-electron chi connectivity index (χ2n) is 7.71. The zero-order valence-corrected chi connectivity index (χ0v) is 13.9. The number of likely N-dealkylation sites (tertiary alicyclic amines) is 2. The Kier molecular flexibility index (Phi) is 4.31. The molecule has 2 atom stereocenters. The maximum atomic E-state index is 12.7. The first kappa shape index (κ1) is 15.4. The molecule has 2 unspecified atom stereocenters. The fraction of sp³-hybridized carbons (Fsp3) is 0.889. The number of rotatable bonds is 3. The Morgan fingerprint density at radius 1 is 0.826 bits per heavy atom. The molecule has 0 aromatic rings. The van der Waals surface area contributed by atoms with Crippen LogP contribution in [0.3, 0.4) is 0 Å². The van der Waals surface area contributed by atoms with Crippen LogP contribution in [0.1, 0.15) is 51.4 Å². The van der Waals surface area contributed by atoms with Crippen molar-refractivity contribution in [3.63, 3.8) is 0 Å². The van der Waals surface area contributed by atoms with E-state index in [9.17, 15) is 9.59 Å². The van der Waals surface area contributed by atoms with Crippen LogP contribution in [0.25, 0.3) is 0 Å². The van der Waals surface area contributed by atoms with Crippen molar-refractivity contribution >= 4 is 11.8 Å². The minimum Gasteiger partial charge on any atom is -0.363 e. The molecule has 0 bridgehead atoms. The lowest BCUT2D eigenvalue weighted by Gasteiger charge is -2.40. The van der Waals surface area contributed by atoms with E-state index in [0.717, 1.165) is 58.2 Å². The number of carbonyl (C=O) groups is 2. The lowest BCUT2D eigenvalue weighted by molar-refractivity contribution is -0.139. The third kappa shape index (κ3) is 3.39. The highest BCUT2D eigenvalue weighted by Gasteiger charge is 2.41. The van der Waals surface area contributed by atoms with Crippen LogP contribution in [0, 0.1) is 11.8 Å². The molecule has 128 valence electrons. The number of amides is 2. The summed E-state index contributed by atoms with van der Waals surface area (Å²) in [6, 6.07) is 0.417. The second kappa shape index (κ2) is 6.42. The molecule has 5 heteroatoms. The monoisotopic (exact) mass is 320 g/mol. The van der Waals surface area contributed by atoms with Gasteiger partial charge < -0.3 is 14.5 Å². The normalized spacial score (nSPS) is 32.5. The van der Waals surface area contributed by atoms with Crippen molar-refractivity contribution in [3.05, 3.63) is 0 Å². The molecule has 4 rings (SSSR count). The average Bonchev–Trinajstić information content (AvgIpc) is 3.45. The Hall–Kier alpha value is -1.10. The number of epoxide rings is 1. The Labute approximate surface area is 138 Å². The third-order valence-corrected chi connectivity index (χ3v) is 6.01. The first-order valence-electron chi connectivity index (χ1n) is 9.45. The van der Waals surface area contributed by atoms with Gasteiger partial charge in [-0.1, -0.05) is 12.8 Å². The van der Waals surface area contributed by atoms with Gasteiger partial charge in [0.1, 0.15) is 0 Å². The van der Waals surface area contributed by atoms with Crippen molar-refractivity contribution < 1.29 is 14.3 Å². The molecule has 3 aliphatic heterocycles. The summed E-state index contributed by atoms with van der Waals surface area (Å²) >= 11 is 0. The van der Waals surface area contributed by atoms with Gasteiger partial charge in [-0.2, -0.15) is 0 Å². The largest absolute Gasteiger partial charge is 0.363 e. The Morgan fingerprint density at radius 2 is 1.57 bits per heavy atom. The fourth-order valence-electron chi connectivity index (χ4n) is 4.36. The minimum atomic E-state index is -0.155. The van der Waals surface area contributed by atoms with Crippen LogP contribution in [0.2, 0.25) is 0 Å². The summed E-state index contributed by atoms with van der Waals surface area (Å²) in [6.45, 7) is 3.23. The van der Waals surface area contributed by atoms with Gasteiger partial charge in [-0.25, -0.2) is 0 Å². The van der Waals surface area contributed by atoms with E-state index >= 15 is 0 Å². The number of hydrogen-bond donors (Lipinski definition) is 0. The van der Waals surface area contributed by atoms with Crippen molar-refractivity contribution in [2.45, 2.75) is 63.5 Å². The number of piperidine rings is 1. The van der Waals surface area contributed by atoms with Gasteiger partial charge in [-0.05, 0) is 44.4 Å². The molecule has 5 nitrogen and oxygen atoms in total. The summed E-state index contributed by atoms with van der Waals surface area (Å²) in [4.78, 5) is 29.0. The van der Waals surface area contributed by atoms with Crippen molar-refractivity contribution in [2.24, 2.45) is 11.8 Å². The Morgan fingerprint density at radius 3 is 2.22 bits per heavy atom. The number of carbonyl (C=O) groups excluding carboxylic acids is 2. The van der Waals surface area contributed by atoms with Crippen molar-refractivity contribution in [3.8, 4) is 0 Å². The third-order valence-electron chi connectivity index (χ3n) is 6.01. The van der Waals surface area contributed by atoms with E-state index in [4.69, 9.17) is 4.74 Å². The molecule has 0 radical (unpaired) electrons. The molecule has 4 aliphatic rings. The van der Waals surface area contributed by atoms with Crippen LogP contribution in [0.4, 0.5) is 0 Å². The molecule has 2 amide bonds. The van der Waals surface area contributed by atoms with Gasteiger partial charge in [0, 0.05) is 31.6 Å². The van der Waals surface area contributed by atoms with Crippen molar-refractivity contribution in [2.75, 3.05) is 26.2 Å². The molecule has 4 fully saturated rings. The van der Waals surface area contributed by atoms with Gasteiger partial charge in [0.05, 0.1) is 6.61 Å². The van der Waals surface area contributed by atoms with Crippen LogP contribution in [-0.2, 0) is 14.3 Å². The van der Waals surface area contributed by atoms with E-state index in [0.29, 0.717) is 30.4 Å². The van der Waals surface area contributed by atoms with Gasteiger partial charge in [0.15, 0.2) is 6.10 Å². The highest BCUT2D eigenvalue weighted by Crippen LogP contribution is 2.36. The van der Waals surface area contributed by atoms with E-state index < -0.39 is 0 Å². The Balaban J connectivity index is 1.38. The summed E-state index contributed by atoms with van der Waals surface area (Å²) < 4.78 is 5.12. The molecule has 3 heterocycles. The highest BCUT2D eigenvalue weighted by molar-refractivity contribution is 5.83. The zero-order chi connectivity index (χ0) is 15.8. The van der Waals surface area contributed by atoms with Crippen LogP contribution >= 0.6 is 0 Å². The van der Waals surface area contributed by atoms with Crippen LogP contribution < -0.4 is 0 Å². The first-order chi connectivity index (χ1) is 11.2. The molecule has 0 spiro atoms. The summed E-state index contributed by atoms with van der Waals surface area (Å²) in [5.41, 5.74) is 0. The quantitative estimate of drug-likeness (QED) is 0.745. The maximum Gasteiger partial charge on any atom is 0.254 e. The highest BCUT2D eigenvalue weighted by atomic mass is 16.6. The van der Waals surface area contributed by atoms with Gasteiger partial charge in [-0.15, -0.1) is 0 Å². The van der Waals surface area contributed by atoms with E-state index in [1.165, 1.54) is 12.8 Å². The molecule has 0 N–H and O–H groups in total. The zero-order valence-electron chi connectivity index (χ0n) is 13.9. The average molecular weight is 320 g/mol. The summed E-state index contributed by atoms with van der Waals surface area (Å²) in [5.74, 6) is 1.49. The first-order valence-corrected chi connectivity index (χ1v) is 9.45. The molecular formula is C18H28N2O3. The fourth-order valence-corrected chi connectivity index (χ4v) is 4.36. The summed E-state index contributed by atoms with van der Waals surface area (Å²) in [5, 5.41) is 0. The molecular weight excluding hydrogens is 292 g/mol. The van der Waals surface area contributed by atoms with Crippen molar-refractivity contribution in [1.82, 2.24) is 9.80 Å². The summed E-state index contributed by atoms with van der Waals surface area (Å²) in [7, 11) is 0. The van der Waals surface area contributed by atoms with Gasteiger partial charge >= 0.3 is 0 Å². The van der Waals surface area contributed by atoms with Crippen molar-refractivity contribution in [1.29, 1.82) is 0 Å². The van der Waals surface area contributed by atoms with Gasteiger partial charge in [0.2, 0.25) is 5.91 Å². The van der Waals surface area contributed by atoms with Crippen LogP contribution in [0.15, 0.2) is 0 Å². The molecule has 23 heavy (non-hydrogen) atoms. The smallest absolute Gasteiger partial charge is 0.254 e. The van der Waals surface area contributed by atoms with E-state index in [2.05, 4.69) is 4.90 Å². The minimum absolute atomic E-state index is 0.155. The number of hydrogen-bond acceptors (Lipinski definition) is 3. The predicted molar refractivity (Wildman–Crippen MR) is 85.7 cm³/mol. The Bertz CT molecular complexity index is 465. The molecule has 1 saturated carbocycles. The topological polar surface area (TPSA) is 53.2 Å². The van der Waals surface area contributed by atoms with E-state index in [1.54, 1.807) is 0 Å². The number of ether oxygens (including phenoxy) is 1. The lowest BCUT2D eigenvalue weighted by Crippen LogP contribution is -2.49. The van der Waals surface area contributed by atoms with Crippen LogP contribution in [0.5, 0.6) is 0 Å². The van der Waals surface area contributed by atoms with Gasteiger partial charge in [0.25, 0.3) is 5.91 Å². The molecule has 0 aromatic heterocycles. The van der Waals surface area contributed by atoms with E-state index in [-0.39, 0.29) is 12.0 Å². The molecule has 0 aromatic carbocycles. The molecule has 3 saturated heterocycles. The lowest BCUT2D eigenvalue weighted by atomic mass is 9.86. The van der Waals surface area contributed by atoms with E-state index in [1.807, 2.05) is 4.90 Å². The summed E-state index contributed by atoms with van der Waals surface area (Å²) in [6.07, 6.45) is 8.92. The van der Waals surface area contributed by atoms with Gasteiger partial charge in [-0.3, -0.25) is 9.59 Å². The number of nitrogens with zero attached hydrogens (tertiary/aromatic N) is 2. The predicted octanol–water partition coefficient (Wildman–Crippen LogP) is 1.80.